The minimum Gasteiger partial charge on any atom is -0.486 e. The Hall–Kier alpha value is -4.59. The summed E-state index contributed by atoms with van der Waals surface area (Å²) in [5.41, 5.74) is 8.04. The van der Waals surface area contributed by atoms with Gasteiger partial charge in [0.25, 0.3) is 0 Å². The number of aryl methyl sites for hydroxylation is 2. The van der Waals surface area contributed by atoms with E-state index in [9.17, 15) is 14.7 Å². The van der Waals surface area contributed by atoms with Gasteiger partial charge in [0.2, 0.25) is 11.8 Å². The van der Waals surface area contributed by atoms with Crippen molar-refractivity contribution in [1.29, 1.82) is 0 Å². The van der Waals surface area contributed by atoms with Crippen molar-refractivity contribution in [3.8, 4) is 28.4 Å². The van der Waals surface area contributed by atoms with E-state index < -0.39 is 5.97 Å². The van der Waals surface area contributed by atoms with Crippen LogP contribution in [0.15, 0.2) is 66.9 Å². The number of aromatic nitrogens is 2. The third kappa shape index (κ3) is 5.58. The van der Waals surface area contributed by atoms with Crippen LogP contribution in [-0.4, -0.2) is 51.9 Å². The second-order valence-electron chi connectivity index (χ2n) is 12.4. The monoisotopic (exact) mass is 605 g/mol. The summed E-state index contributed by atoms with van der Waals surface area (Å²) in [6, 6.07) is 20.9. The minimum atomic E-state index is -1.08. The lowest BCUT2D eigenvalue weighted by molar-refractivity contribution is -0.133. The van der Waals surface area contributed by atoms with E-state index in [1.807, 2.05) is 18.2 Å². The first-order chi connectivity index (χ1) is 21.9. The number of rotatable bonds is 9. The number of carboxylic acids is 1. The first-order valence-corrected chi connectivity index (χ1v) is 16.1. The number of piperidine rings is 1. The molecule has 1 amide bonds. The van der Waals surface area contributed by atoms with Gasteiger partial charge in [0.05, 0.1) is 19.0 Å². The molecule has 232 valence electrons. The maximum Gasteiger partial charge on any atom is 0.342 e. The number of fused-ring (bicyclic) bond motifs is 1. The zero-order valence-corrected chi connectivity index (χ0v) is 25.9. The number of benzene rings is 3. The predicted octanol–water partition coefficient (Wildman–Crippen LogP) is 6.99. The first-order valence-electron chi connectivity index (χ1n) is 16.1. The Bertz CT molecular complexity index is 1750. The summed E-state index contributed by atoms with van der Waals surface area (Å²) in [6.07, 6.45) is 8.19. The average Bonchev–Trinajstić information content (AvgIpc) is 3.70. The molecule has 0 radical (unpaired) electrons. The molecule has 8 heteroatoms. The van der Waals surface area contributed by atoms with Crippen LogP contribution in [0.5, 0.6) is 11.6 Å². The fourth-order valence-corrected chi connectivity index (χ4v) is 7.20. The van der Waals surface area contributed by atoms with Gasteiger partial charge in [0.15, 0.2) is 0 Å². The molecule has 2 heterocycles. The van der Waals surface area contributed by atoms with Gasteiger partial charge in [0.1, 0.15) is 17.4 Å². The van der Waals surface area contributed by atoms with Crippen LogP contribution in [0.25, 0.3) is 16.8 Å². The van der Waals surface area contributed by atoms with Crippen molar-refractivity contribution in [2.75, 3.05) is 20.2 Å². The highest BCUT2D eigenvalue weighted by Crippen LogP contribution is 2.43. The molecule has 4 aromatic rings. The highest BCUT2D eigenvalue weighted by Gasteiger charge is 2.35. The molecule has 0 bridgehead atoms. The zero-order chi connectivity index (χ0) is 31.1. The molecule has 3 aromatic carbocycles. The second-order valence-corrected chi connectivity index (χ2v) is 12.4. The molecule has 7 rings (SSSR count). The molecule has 0 unspecified atom stereocenters. The Morgan fingerprint density at radius 1 is 0.978 bits per heavy atom. The quantitative estimate of drug-likeness (QED) is 0.221. The Morgan fingerprint density at radius 3 is 2.51 bits per heavy atom. The molecule has 1 atom stereocenters. The first kappa shape index (κ1) is 29.1. The Kier molecular flexibility index (Phi) is 7.81. The summed E-state index contributed by atoms with van der Waals surface area (Å²) < 4.78 is 13.7. The number of ether oxygens (including phenoxy) is 2. The van der Waals surface area contributed by atoms with Crippen molar-refractivity contribution in [2.24, 2.45) is 5.92 Å². The second kappa shape index (κ2) is 12.1. The number of aromatic carboxylic acids is 1. The van der Waals surface area contributed by atoms with E-state index in [4.69, 9.17) is 9.47 Å². The van der Waals surface area contributed by atoms with Crippen molar-refractivity contribution in [1.82, 2.24) is 14.7 Å². The smallest absolute Gasteiger partial charge is 0.342 e. The van der Waals surface area contributed by atoms with Gasteiger partial charge < -0.3 is 19.5 Å². The number of carbonyl (C=O) groups excluding carboxylic acids is 1. The lowest BCUT2D eigenvalue weighted by Gasteiger charge is -2.33. The van der Waals surface area contributed by atoms with Crippen LogP contribution >= 0.6 is 0 Å². The third-order valence-electron chi connectivity index (χ3n) is 9.69. The van der Waals surface area contributed by atoms with Crippen LogP contribution in [0.1, 0.15) is 83.7 Å². The van der Waals surface area contributed by atoms with Gasteiger partial charge in [-0.05, 0) is 103 Å². The Balaban J connectivity index is 1.12. The molecule has 1 saturated carbocycles. The highest BCUT2D eigenvalue weighted by atomic mass is 16.5. The SMILES string of the molecule is CCc1cc(O[C@H]2CCc3cccc(-c4cccc(-n5ncc(C(=O)O)c5OC)c4)c32)ccc1C1CCN(C(=O)C2CC2)CC1. The van der Waals surface area contributed by atoms with Crippen LogP contribution in [0.2, 0.25) is 0 Å². The van der Waals surface area contributed by atoms with Crippen molar-refractivity contribution in [2.45, 2.75) is 63.9 Å². The molecular weight excluding hydrogens is 566 g/mol. The normalized spacial score (nSPS) is 18.1. The summed E-state index contributed by atoms with van der Waals surface area (Å²) in [5.74, 6) is 1.13. The van der Waals surface area contributed by atoms with Gasteiger partial charge in [-0.2, -0.15) is 5.10 Å². The summed E-state index contributed by atoms with van der Waals surface area (Å²) in [4.78, 5) is 26.3. The molecule has 45 heavy (non-hydrogen) atoms. The van der Waals surface area contributed by atoms with Gasteiger partial charge in [0, 0.05) is 24.6 Å². The fourth-order valence-electron chi connectivity index (χ4n) is 7.20. The summed E-state index contributed by atoms with van der Waals surface area (Å²) in [5, 5.41) is 13.8. The predicted molar refractivity (Wildman–Crippen MR) is 171 cm³/mol. The highest BCUT2D eigenvalue weighted by molar-refractivity contribution is 5.90. The van der Waals surface area contributed by atoms with Crippen molar-refractivity contribution in [3.63, 3.8) is 0 Å². The number of amides is 1. The molecular formula is C37H39N3O5. The van der Waals surface area contributed by atoms with Crippen molar-refractivity contribution < 1.29 is 24.2 Å². The van der Waals surface area contributed by atoms with Crippen LogP contribution in [0.3, 0.4) is 0 Å². The standard InChI is InChI=1S/C37H39N3O5/c1-3-23-21-29(13-14-30(23)24-16-18-39(19-17-24)35(41)26-10-11-26)45-33-15-12-25-6-5-9-31(34(25)33)27-7-4-8-28(20-27)40-36(44-2)32(22-38-40)37(42)43/h4-9,13-14,20-22,24,26,33H,3,10-12,15-19H2,1-2H3,(H,42,43)/t33-/m0/s1. The molecule has 2 fully saturated rings. The average molecular weight is 606 g/mol. The van der Waals surface area contributed by atoms with E-state index in [2.05, 4.69) is 59.4 Å². The van der Waals surface area contributed by atoms with Gasteiger partial charge in [-0.1, -0.05) is 43.3 Å². The molecule has 3 aliphatic rings. The largest absolute Gasteiger partial charge is 0.486 e. The van der Waals surface area contributed by atoms with Gasteiger partial charge in [-0.15, -0.1) is 0 Å². The van der Waals surface area contributed by atoms with Crippen LogP contribution < -0.4 is 9.47 Å². The van der Waals surface area contributed by atoms with Crippen molar-refractivity contribution in [3.05, 3.63) is 94.7 Å². The van der Waals surface area contributed by atoms with E-state index in [0.29, 0.717) is 17.7 Å². The zero-order valence-electron chi connectivity index (χ0n) is 25.9. The van der Waals surface area contributed by atoms with Crippen LogP contribution in [-0.2, 0) is 17.6 Å². The number of nitrogens with zero attached hydrogens (tertiary/aromatic N) is 3. The van der Waals surface area contributed by atoms with Crippen LogP contribution in [0, 0.1) is 5.92 Å². The third-order valence-corrected chi connectivity index (χ3v) is 9.69. The Morgan fingerprint density at radius 2 is 1.78 bits per heavy atom. The molecule has 8 nitrogen and oxygen atoms in total. The number of likely N-dealkylation sites (tertiary alicyclic amines) is 1. The van der Waals surface area contributed by atoms with E-state index in [1.54, 1.807) is 0 Å². The number of hydrogen-bond acceptors (Lipinski definition) is 5. The Labute approximate surface area is 263 Å². The number of carbonyl (C=O) groups is 2. The molecule has 1 saturated heterocycles. The number of carboxylic acid groups (broad SMARTS) is 1. The topological polar surface area (TPSA) is 93.9 Å². The fraction of sp³-hybridized carbons (Fsp3) is 0.378. The summed E-state index contributed by atoms with van der Waals surface area (Å²) >= 11 is 0. The molecule has 2 aliphatic carbocycles. The lowest BCUT2D eigenvalue weighted by Crippen LogP contribution is -2.38. The van der Waals surface area contributed by atoms with Crippen LogP contribution in [0.4, 0.5) is 0 Å². The molecule has 1 aliphatic heterocycles. The van der Waals surface area contributed by atoms with E-state index in [-0.39, 0.29) is 17.5 Å². The van der Waals surface area contributed by atoms with Gasteiger partial charge in [-0.25, -0.2) is 9.48 Å². The van der Waals surface area contributed by atoms with Gasteiger partial charge in [-0.3, -0.25) is 4.79 Å². The lowest BCUT2D eigenvalue weighted by atomic mass is 9.85. The summed E-state index contributed by atoms with van der Waals surface area (Å²) in [6.45, 7) is 3.93. The van der Waals surface area contributed by atoms with Gasteiger partial charge >= 0.3 is 5.97 Å². The molecule has 0 spiro atoms. The number of methoxy groups -OCH3 is 1. The van der Waals surface area contributed by atoms with Crippen molar-refractivity contribution >= 4 is 11.9 Å². The van der Waals surface area contributed by atoms with E-state index in [1.165, 1.54) is 40.2 Å². The maximum atomic E-state index is 12.6. The molecule has 1 N–H and O–H groups in total. The minimum absolute atomic E-state index is 0.0172. The number of hydrogen-bond donors (Lipinski definition) is 1. The van der Waals surface area contributed by atoms with E-state index >= 15 is 0 Å². The molecule has 1 aromatic heterocycles. The maximum absolute atomic E-state index is 12.6. The summed E-state index contributed by atoms with van der Waals surface area (Å²) in [7, 11) is 1.45. The van der Waals surface area contributed by atoms with E-state index in [0.717, 1.165) is 80.6 Å².